The molecule has 0 aliphatic rings. The van der Waals surface area contributed by atoms with Gasteiger partial charge in [0.15, 0.2) is 11.5 Å². The van der Waals surface area contributed by atoms with Gasteiger partial charge in [-0.3, -0.25) is 0 Å². The van der Waals surface area contributed by atoms with Crippen molar-refractivity contribution in [1.82, 2.24) is 4.72 Å². The summed E-state index contributed by atoms with van der Waals surface area (Å²) in [5.74, 6) is 0.907. The molecule has 0 saturated carbocycles. The molecule has 0 aliphatic heterocycles. The minimum atomic E-state index is -3.55. The van der Waals surface area contributed by atoms with Crippen LogP contribution in [0, 0.1) is 6.92 Å². The van der Waals surface area contributed by atoms with Crippen molar-refractivity contribution in [2.24, 2.45) is 0 Å². The van der Waals surface area contributed by atoms with E-state index in [-0.39, 0.29) is 4.90 Å². The normalized spacial score (nSPS) is 11.8. The third-order valence-corrected chi connectivity index (χ3v) is 4.41. The number of rotatable bonds is 7. The molecular formula is C14H21NO4S. The number of benzene rings is 1. The topological polar surface area (TPSA) is 64.6 Å². The van der Waals surface area contributed by atoms with Crippen molar-refractivity contribution >= 4 is 10.0 Å². The van der Waals surface area contributed by atoms with Crippen LogP contribution >= 0.6 is 0 Å². The van der Waals surface area contributed by atoms with Crippen LogP contribution in [-0.4, -0.2) is 29.2 Å². The molecule has 20 heavy (non-hydrogen) atoms. The maximum atomic E-state index is 12.3. The predicted molar refractivity (Wildman–Crippen MR) is 78.9 cm³/mol. The minimum Gasteiger partial charge on any atom is -0.493 e. The average Bonchev–Trinajstić information content (AvgIpc) is 2.43. The van der Waals surface area contributed by atoms with E-state index in [1.54, 1.807) is 13.0 Å². The predicted octanol–water partition coefficient (Wildman–Crippen LogP) is 2.26. The number of hydrogen-bond acceptors (Lipinski definition) is 4. The third kappa shape index (κ3) is 3.98. The van der Waals surface area contributed by atoms with E-state index in [2.05, 4.69) is 4.72 Å². The molecule has 0 amide bonds. The molecule has 1 aromatic carbocycles. The lowest BCUT2D eigenvalue weighted by Crippen LogP contribution is -2.25. The first-order valence-corrected chi connectivity index (χ1v) is 7.78. The van der Waals surface area contributed by atoms with Crippen molar-refractivity contribution in [1.29, 1.82) is 0 Å². The van der Waals surface area contributed by atoms with Gasteiger partial charge in [-0.2, -0.15) is 0 Å². The van der Waals surface area contributed by atoms with E-state index in [1.807, 2.05) is 19.1 Å². The minimum absolute atomic E-state index is 0.204. The zero-order valence-electron chi connectivity index (χ0n) is 12.3. The smallest absolute Gasteiger partial charge is 0.240 e. The number of methoxy groups -OCH3 is 2. The maximum absolute atomic E-state index is 12.3. The Bertz CT molecular complexity index is 579. The van der Waals surface area contributed by atoms with Gasteiger partial charge in [0.1, 0.15) is 0 Å². The number of sulfonamides is 1. The van der Waals surface area contributed by atoms with Crippen LogP contribution in [0.5, 0.6) is 11.5 Å². The Balaban J connectivity index is 3.05. The molecule has 112 valence electrons. The SMILES string of the molecule is C/C=C/CCNS(=O)(=O)c1cc(OC)c(OC)cc1C. The monoisotopic (exact) mass is 299 g/mol. The van der Waals surface area contributed by atoms with E-state index in [4.69, 9.17) is 9.47 Å². The molecule has 5 nitrogen and oxygen atoms in total. The summed E-state index contributed by atoms with van der Waals surface area (Å²) in [5, 5.41) is 0. The average molecular weight is 299 g/mol. The molecule has 0 radical (unpaired) electrons. The molecule has 0 bridgehead atoms. The number of ether oxygens (including phenoxy) is 2. The lowest BCUT2D eigenvalue weighted by atomic mass is 10.2. The third-order valence-electron chi connectivity index (χ3n) is 2.81. The molecule has 0 fully saturated rings. The number of allylic oxidation sites excluding steroid dienone is 1. The second-order valence-electron chi connectivity index (χ2n) is 4.23. The summed E-state index contributed by atoms with van der Waals surface area (Å²) in [7, 11) is -0.558. The highest BCUT2D eigenvalue weighted by Crippen LogP contribution is 2.32. The molecule has 0 aliphatic carbocycles. The maximum Gasteiger partial charge on any atom is 0.240 e. The first-order valence-electron chi connectivity index (χ1n) is 6.29. The van der Waals surface area contributed by atoms with Crippen LogP contribution in [0.2, 0.25) is 0 Å². The Morgan fingerprint density at radius 3 is 2.35 bits per heavy atom. The zero-order valence-corrected chi connectivity index (χ0v) is 13.1. The summed E-state index contributed by atoms with van der Waals surface area (Å²) in [6.07, 6.45) is 4.45. The summed E-state index contributed by atoms with van der Waals surface area (Å²) in [6.45, 7) is 3.98. The van der Waals surface area contributed by atoms with Crippen molar-refractivity contribution in [2.45, 2.75) is 25.2 Å². The Morgan fingerprint density at radius 2 is 1.80 bits per heavy atom. The van der Waals surface area contributed by atoms with E-state index < -0.39 is 10.0 Å². The van der Waals surface area contributed by atoms with Crippen molar-refractivity contribution in [3.8, 4) is 11.5 Å². The summed E-state index contributed by atoms with van der Waals surface area (Å²) in [4.78, 5) is 0.204. The van der Waals surface area contributed by atoms with Gasteiger partial charge in [-0.25, -0.2) is 13.1 Å². The highest BCUT2D eigenvalue weighted by molar-refractivity contribution is 7.89. The van der Waals surface area contributed by atoms with Gasteiger partial charge in [0.2, 0.25) is 10.0 Å². The van der Waals surface area contributed by atoms with E-state index in [0.29, 0.717) is 30.0 Å². The Morgan fingerprint density at radius 1 is 1.20 bits per heavy atom. The summed E-state index contributed by atoms with van der Waals surface area (Å²) < 4.78 is 37.4. The van der Waals surface area contributed by atoms with Gasteiger partial charge in [0.25, 0.3) is 0 Å². The molecule has 0 atom stereocenters. The second-order valence-corrected chi connectivity index (χ2v) is 5.96. The lowest BCUT2D eigenvalue weighted by Gasteiger charge is -2.13. The van der Waals surface area contributed by atoms with Crippen molar-refractivity contribution in [2.75, 3.05) is 20.8 Å². The summed E-state index contributed by atoms with van der Waals surface area (Å²) in [5.41, 5.74) is 0.612. The van der Waals surface area contributed by atoms with E-state index in [9.17, 15) is 8.42 Å². The van der Waals surface area contributed by atoms with Gasteiger partial charge in [0.05, 0.1) is 19.1 Å². The summed E-state index contributed by atoms with van der Waals surface area (Å²) in [6, 6.07) is 3.13. The quantitative estimate of drug-likeness (QED) is 0.619. The van der Waals surface area contributed by atoms with Crippen LogP contribution in [0.15, 0.2) is 29.2 Å². The van der Waals surface area contributed by atoms with Gasteiger partial charge < -0.3 is 9.47 Å². The van der Waals surface area contributed by atoms with Crippen LogP contribution in [0.4, 0.5) is 0 Å². The van der Waals surface area contributed by atoms with Gasteiger partial charge in [-0.15, -0.1) is 0 Å². The largest absolute Gasteiger partial charge is 0.493 e. The van der Waals surface area contributed by atoms with Gasteiger partial charge >= 0.3 is 0 Å². The van der Waals surface area contributed by atoms with Crippen LogP contribution in [0.3, 0.4) is 0 Å². The van der Waals surface area contributed by atoms with Crippen LogP contribution in [0.25, 0.3) is 0 Å². The molecule has 1 N–H and O–H groups in total. The van der Waals surface area contributed by atoms with E-state index >= 15 is 0 Å². The lowest BCUT2D eigenvalue weighted by molar-refractivity contribution is 0.353. The second kappa shape index (κ2) is 7.31. The molecule has 0 unspecified atom stereocenters. The molecule has 6 heteroatoms. The molecule has 0 aromatic heterocycles. The fraction of sp³-hybridized carbons (Fsp3) is 0.429. The van der Waals surface area contributed by atoms with E-state index in [1.165, 1.54) is 20.3 Å². The Kier molecular flexibility index (Phi) is 6.04. The van der Waals surface area contributed by atoms with Crippen LogP contribution < -0.4 is 14.2 Å². The standard InChI is InChI=1S/C14H21NO4S/c1-5-6-7-8-15-20(16,17)14-10-13(19-4)12(18-3)9-11(14)2/h5-6,9-10,15H,7-8H2,1-4H3/b6-5+. The number of nitrogens with one attached hydrogen (secondary N) is 1. The van der Waals surface area contributed by atoms with Gasteiger partial charge in [-0.05, 0) is 31.9 Å². The van der Waals surface area contributed by atoms with Crippen molar-refractivity contribution in [3.63, 3.8) is 0 Å². The number of hydrogen-bond donors (Lipinski definition) is 1. The van der Waals surface area contributed by atoms with E-state index in [0.717, 1.165) is 0 Å². The summed E-state index contributed by atoms with van der Waals surface area (Å²) >= 11 is 0. The molecule has 0 saturated heterocycles. The van der Waals surface area contributed by atoms with Gasteiger partial charge in [0, 0.05) is 12.6 Å². The first-order chi connectivity index (χ1) is 9.46. The highest BCUT2D eigenvalue weighted by Gasteiger charge is 2.19. The zero-order chi connectivity index (χ0) is 15.2. The molecule has 1 rings (SSSR count). The van der Waals surface area contributed by atoms with Gasteiger partial charge in [-0.1, -0.05) is 12.2 Å². The number of aryl methyl sites for hydroxylation is 1. The van der Waals surface area contributed by atoms with Crippen molar-refractivity contribution in [3.05, 3.63) is 29.8 Å². The molecule has 0 heterocycles. The van der Waals surface area contributed by atoms with Crippen LogP contribution in [0.1, 0.15) is 18.9 Å². The Hall–Kier alpha value is -1.53. The Labute approximate surface area is 120 Å². The fourth-order valence-electron chi connectivity index (χ4n) is 1.77. The first kappa shape index (κ1) is 16.5. The fourth-order valence-corrected chi connectivity index (χ4v) is 3.06. The molecule has 0 spiro atoms. The van der Waals surface area contributed by atoms with Crippen molar-refractivity contribution < 1.29 is 17.9 Å². The molecular weight excluding hydrogens is 278 g/mol. The van der Waals surface area contributed by atoms with Crippen LogP contribution in [-0.2, 0) is 10.0 Å². The highest BCUT2D eigenvalue weighted by atomic mass is 32.2. The molecule has 1 aromatic rings.